The number of likely N-dealkylation sites (N-methyl/N-ethyl adjacent to an activating group) is 2. The molecule has 0 aliphatic carbocycles. The molecule has 26 heavy (non-hydrogen) atoms. The predicted molar refractivity (Wildman–Crippen MR) is 106 cm³/mol. The van der Waals surface area contributed by atoms with Gasteiger partial charge >= 0.3 is 0 Å². The molecular formula is C20H25N3O3. The van der Waals surface area contributed by atoms with Gasteiger partial charge in [-0.05, 0) is 49.8 Å². The highest BCUT2D eigenvalue weighted by Gasteiger charge is 2.11. The molecule has 0 amide bonds. The number of nitrogens with one attached hydrogen (secondary N) is 2. The van der Waals surface area contributed by atoms with E-state index in [1.807, 2.05) is 50.5 Å². The summed E-state index contributed by atoms with van der Waals surface area (Å²) in [4.78, 5) is 12.8. The number of nitrogens with zero attached hydrogens (tertiary/aromatic N) is 1. The summed E-state index contributed by atoms with van der Waals surface area (Å²) in [6.45, 7) is 2.66. The minimum Gasteiger partial charge on any atom is -0.492 e. The van der Waals surface area contributed by atoms with Crippen LogP contribution in [0, 0.1) is 0 Å². The van der Waals surface area contributed by atoms with Crippen molar-refractivity contribution < 1.29 is 9.47 Å². The summed E-state index contributed by atoms with van der Waals surface area (Å²) in [5.41, 5.74) is 0.812. The highest BCUT2D eigenvalue weighted by Crippen LogP contribution is 2.28. The first-order valence-corrected chi connectivity index (χ1v) is 8.77. The van der Waals surface area contributed by atoms with E-state index in [2.05, 4.69) is 10.6 Å². The molecule has 0 bridgehead atoms. The molecule has 0 saturated carbocycles. The monoisotopic (exact) mass is 355 g/mol. The van der Waals surface area contributed by atoms with Crippen LogP contribution in [0.4, 0.5) is 0 Å². The fourth-order valence-electron chi connectivity index (χ4n) is 2.96. The normalized spacial score (nSPS) is 11.2. The van der Waals surface area contributed by atoms with E-state index >= 15 is 0 Å². The Morgan fingerprint density at radius 3 is 2.04 bits per heavy atom. The highest BCUT2D eigenvalue weighted by molar-refractivity contribution is 6.06. The van der Waals surface area contributed by atoms with Crippen molar-refractivity contribution in [2.24, 2.45) is 7.05 Å². The number of aromatic nitrogens is 1. The lowest BCUT2D eigenvalue weighted by molar-refractivity contribution is 0.318. The summed E-state index contributed by atoms with van der Waals surface area (Å²) < 4.78 is 13.1. The lowest BCUT2D eigenvalue weighted by atomic mass is 10.1. The predicted octanol–water partition coefficient (Wildman–Crippen LogP) is 1.89. The fourth-order valence-corrected chi connectivity index (χ4v) is 2.96. The molecule has 1 heterocycles. The van der Waals surface area contributed by atoms with Crippen LogP contribution < -0.4 is 25.7 Å². The Balaban J connectivity index is 2.04. The highest BCUT2D eigenvalue weighted by atomic mass is 16.5. The summed E-state index contributed by atoms with van der Waals surface area (Å²) >= 11 is 0. The van der Waals surface area contributed by atoms with E-state index < -0.39 is 0 Å². The van der Waals surface area contributed by atoms with Crippen molar-refractivity contribution in [3.05, 3.63) is 46.8 Å². The molecule has 0 fully saturated rings. The lowest BCUT2D eigenvalue weighted by Crippen LogP contribution is -2.18. The zero-order valence-electron chi connectivity index (χ0n) is 15.5. The van der Waals surface area contributed by atoms with Gasteiger partial charge in [-0.25, -0.2) is 0 Å². The Morgan fingerprint density at radius 2 is 1.42 bits per heavy atom. The molecule has 1 aromatic heterocycles. The Labute approximate surface area is 152 Å². The topological polar surface area (TPSA) is 64.5 Å². The Morgan fingerprint density at radius 1 is 0.846 bits per heavy atom. The van der Waals surface area contributed by atoms with Gasteiger partial charge < -0.3 is 24.7 Å². The van der Waals surface area contributed by atoms with Crippen molar-refractivity contribution >= 4 is 21.7 Å². The first-order valence-electron chi connectivity index (χ1n) is 8.77. The third kappa shape index (κ3) is 3.66. The zero-order valence-corrected chi connectivity index (χ0v) is 15.5. The quantitative estimate of drug-likeness (QED) is 0.477. The van der Waals surface area contributed by atoms with Crippen molar-refractivity contribution in [3.8, 4) is 11.5 Å². The van der Waals surface area contributed by atoms with Gasteiger partial charge in [0, 0.05) is 31.6 Å². The van der Waals surface area contributed by atoms with Crippen LogP contribution in [0.2, 0.25) is 0 Å². The molecule has 0 saturated heterocycles. The molecule has 6 nitrogen and oxygen atoms in total. The van der Waals surface area contributed by atoms with E-state index in [-0.39, 0.29) is 5.56 Å². The molecule has 0 radical (unpaired) electrons. The van der Waals surface area contributed by atoms with E-state index in [9.17, 15) is 4.79 Å². The van der Waals surface area contributed by atoms with Gasteiger partial charge in [-0.1, -0.05) is 0 Å². The average molecular weight is 355 g/mol. The minimum absolute atomic E-state index is 0.0426. The number of aryl methyl sites for hydroxylation is 1. The third-order valence-electron chi connectivity index (χ3n) is 4.39. The summed E-state index contributed by atoms with van der Waals surface area (Å²) in [7, 11) is 5.55. The van der Waals surface area contributed by atoms with Crippen LogP contribution >= 0.6 is 0 Å². The van der Waals surface area contributed by atoms with Gasteiger partial charge in [-0.3, -0.25) is 4.79 Å². The zero-order chi connectivity index (χ0) is 18.5. The molecule has 138 valence electrons. The number of hydrogen-bond donors (Lipinski definition) is 2. The number of benzene rings is 2. The summed E-state index contributed by atoms with van der Waals surface area (Å²) in [6.07, 6.45) is 0. The smallest absolute Gasteiger partial charge is 0.258 e. The van der Waals surface area contributed by atoms with E-state index in [4.69, 9.17) is 9.47 Å². The lowest BCUT2D eigenvalue weighted by Gasteiger charge is -2.13. The van der Waals surface area contributed by atoms with Gasteiger partial charge in [-0.15, -0.1) is 0 Å². The molecule has 0 unspecified atom stereocenters. The molecule has 3 aromatic rings. The van der Waals surface area contributed by atoms with E-state index in [1.165, 1.54) is 0 Å². The fraction of sp³-hybridized carbons (Fsp3) is 0.350. The van der Waals surface area contributed by atoms with Crippen LogP contribution in [0.3, 0.4) is 0 Å². The Kier molecular flexibility index (Phi) is 5.75. The van der Waals surface area contributed by atoms with Crippen molar-refractivity contribution in [1.29, 1.82) is 0 Å². The first-order chi connectivity index (χ1) is 12.7. The van der Waals surface area contributed by atoms with Gasteiger partial charge in [0.1, 0.15) is 24.7 Å². The third-order valence-corrected chi connectivity index (χ3v) is 4.39. The van der Waals surface area contributed by atoms with Crippen LogP contribution in [0.5, 0.6) is 11.5 Å². The van der Waals surface area contributed by atoms with Gasteiger partial charge in [0.25, 0.3) is 5.56 Å². The van der Waals surface area contributed by atoms with E-state index in [0.717, 1.165) is 35.1 Å². The van der Waals surface area contributed by atoms with Crippen molar-refractivity contribution in [3.63, 3.8) is 0 Å². The maximum Gasteiger partial charge on any atom is 0.258 e. The molecule has 3 rings (SSSR count). The molecular weight excluding hydrogens is 330 g/mol. The maximum atomic E-state index is 12.8. The van der Waals surface area contributed by atoms with Gasteiger partial charge in [0.15, 0.2) is 0 Å². The largest absolute Gasteiger partial charge is 0.492 e. The van der Waals surface area contributed by atoms with E-state index in [1.54, 1.807) is 11.6 Å². The first kappa shape index (κ1) is 18.2. The number of ether oxygens (including phenoxy) is 2. The van der Waals surface area contributed by atoms with Gasteiger partial charge in [-0.2, -0.15) is 0 Å². The molecule has 6 heteroatoms. The molecule has 2 aromatic carbocycles. The minimum atomic E-state index is -0.0426. The molecule has 0 atom stereocenters. The molecule has 2 N–H and O–H groups in total. The van der Waals surface area contributed by atoms with Gasteiger partial charge in [0.05, 0.1) is 10.9 Å². The van der Waals surface area contributed by atoms with Crippen LogP contribution in [-0.2, 0) is 7.05 Å². The number of hydrogen-bond acceptors (Lipinski definition) is 5. The van der Waals surface area contributed by atoms with Crippen molar-refractivity contribution in [1.82, 2.24) is 15.2 Å². The van der Waals surface area contributed by atoms with Crippen LogP contribution in [-0.4, -0.2) is 45.0 Å². The summed E-state index contributed by atoms with van der Waals surface area (Å²) in [5, 5.41) is 8.68. The maximum absolute atomic E-state index is 12.8. The standard InChI is InChI=1S/C20H25N3O3/c1-21-8-10-25-14-4-6-16-17-7-5-15(26-11-9-22-2)13-19(17)23(3)20(24)18(16)12-14/h4-7,12-13,21-22H,8-11H2,1-3H3. The summed E-state index contributed by atoms with van der Waals surface area (Å²) in [6, 6.07) is 11.6. The van der Waals surface area contributed by atoms with Crippen LogP contribution in [0.25, 0.3) is 21.7 Å². The average Bonchev–Trinajstić information content (AvgIpc) is 2.66. The second-order valence-corrected chi connectivity index (χ2v) is 6.15. The molecule has 0 spiro atoms. The van der Waals surface area contributed by atoms with Crippen LogP contribution in [0.15, 0.2) is 41.2 Å². The second kappa shape index (κ2) is 8.21. The van der Waals surface area contributed by atoms with Crippen LogP contribution in [0.1, 0.15) is 0 Å². The number of fused-ring (bicyclic) bond motifs is 3. The SMILES string of the molecule is CNCCOc1ccc2c(c1)c(=O)n(C)c1cc(OCCNC)ccc21. The Bertz CT molecular complexity index is 966. The second-order valence-electron chi connectivity index (χ2n) is 6.15. The van der Waals surface area contributed by atoms with Crippen molar-refractivity contribution in [2.45, 2.75) is 0 Å². The Hall–Kier alpha value is -2.57. The summed E-state index contributed by atoms with van der Waals surface area (Å²) in [5.74, 6) is 1.46. The molecule has 0 aliphatic heterocycles. The molecule has 0 aliphatic rings. The number of pyridine rings is 1. The van der Waals surface area contributed by atoms with Crippen molar-refractivity contribution in [2.75, 3.05) is 40.4 Å². The van der Waals surface area contributed by atoms with Gasteiger partial charge in [0.2, 0.25) is 0 Å². The van der Waals surface area contributed by atoms with E-state index in [0.29, 0.717) is 24.3 Å². The number of rotatable bonds is 8.